The highest BCUT2D eigenvalue weighted by Gasteiger charge is 2.22. The lowest BCUT2D eigenvalue weighted by Gasteiger charge is -2.26. The molecule has 30 heavy (non-hydrogen) atoms. The van der Waals surface area contributed by atoms with Gasteiger partial charge < -0.3 is 10.1 Å². The Morgan fingerprint density at radius 1 is 1.17 bits per heavy atom. The van der Waals surface area contributed by atoms with Gasteiger partial charge in [-0.1, -0.05) is 24.3 Å². The second-order valence-corrected chi connectivity index (χ2v) is 9.48. The normalized spacial score (nSPS) is 15.9. The highest BCUT2D eigenvalue weighted by atomic mass is 32.2. The van der Waals surface area contributed by atoms with Crippen molar-refractivity contribution < 1.29 is 17.9 Å². The highest BCUT2D eigenvalue weighted by Crippen LogP contribution is 2.29. The van der Waals surface area contributed by atoms with Gasteiger partial charge >= 0.3 is 0 Å². The van der Waals surface area contributed by atoms with Gasteiger partial charge in [0.25, 0.3) is 0 Å². The van der Waals surface area contributed by atoms with E-state index >= 15 is 0 Å². The van der Waals surface area contributed by atoms with Crippen LogP contribution in [0, 0.1) is 0 Å². The molecule has 0 heterocycles. The van der Waals surface area contributed by atoms with E-state index in [2.05, 4.69) is 17.4 Å². The minimum atomic E-state index is -3.45. The Balaban J connectivity index is 1.57. The molecular weight excluding hydrogens is 400 g/mol. The first kappa shape index (κ1) is 22.2. The smallest absolute Gasteiger partial charge is 0.232 e. The van der Waals surface area contributed by atoms with Gasteiger partial charge in [0.15, 0.2) is 0 Å². The molecule has 0 bridgehead atoms. The van der Waals surface area contributed by atoms with E-state index in [1.807, 2.05) is 19.1 Å². The molecule has 1 amide bonds. The van der Waals surface area contributed by atoms with E-state index in [4.69, 9.17) is 4.74 Å². The first-order valence-electron chi connectivity index (χ1n) is 10.5. The van der Waals surface area contributed by atoms with Gasteiger partial charge in [-0.05, 0) is 68.0 Å². The number of fused-ring (bicyclic) bond motifs is 1. The number of carbonyl (C=O) groups excluding carboxylic acids is 1. The van der Waals surface area contributed by atoms with Crippen LogP contribution in [0.2, 0.25) is 0 Å². The van der Waals surface area contributed by atoms with Crippen LogP contribution >= 0.6 is 0 Å². The van der Waals surface area contributed by atoms with Crippen molar-refractivity contribution >= 4 is 21.6 Å². The van der Waals surface area contributed by atoms with Crippen molar-refractivity contribution in [2.45, 2.75) is 45.1 Å². The van der Waals surface area contributed by atoms with Crippen molar-refractivity contribution in [1.82, 2.24) is 5.32 Å². The monoisotopic (exact) mass is 430 g/mol. The average molecular weight is 431 g/mol. The maximum absolute atomic E-state index is 12.5. The van der Waals surface area contributed by atoms with Crippen molar-refractivity contribution in [3.63, 3.8) is 0 Å². The average Bonchev–Trinajstić information content (AvgIpc) is 2.72. The van der Waals surface area contributed by atoms with Gasteiger partial charge in [0, 0.05) is 13.0 Å². The molecule has 0 aromatic heterocycles. The molecule has 0 fully saturated rings. The van der Waals surface area contributed by atoms with Crippen molar-refractivity contribution in [3.05, 3.63) is 59.7 Å². The fourth-order valence-electron chi connectivity index (χ4n) is 3.92. The zero-order valence-corrected chi connectivity index (χ0v) is 18.5. The molecular formula is C23H30N2O4S. The second-order valence-electron chi connectivity index (χ2n) is 7.58. The predicted octanol–water partition coefficient (Wildman–Crippen LogP) is 3.83. The molecule has 1 aliphatic rings. The second kappa shape index (κ2) is 9.98. The van der Waals surface area contributed by atoms with E-state index < -0.39 is 10.0 Å². The number of sulfonamides is 1. The molecule has 0 aliphatic heterocycles. The number of amides is 1. The van der Waals surface area contributed by atoms with E-state index in [1.54, 1.807) is 24.3 Å². The minimum Gasteiger partial charge on any atom is -0.494 e. The minimum absolute atomic E-state index is 0.0413. The Morgan fingerprint density at radius 2 is 1.90 bits per heavy atom. The van der Waals surface area contributed by atoms with Crippen molar-refractivity contribution in [1.29, 1.82) is 0 Å². The number of ether oxygens (including phenoxy) is 1. The van der Waals surface area contributed by atoms with E-state index in [1.165, 1.54) is 21.7 Å². The van der Waals surface area contributed by atoms with Crippen molar-refractivity contribution in [2.75, 3.05) is 23.7 Å². The molecule has 2 aromatic rings. The summed E-state index contributed by atoms with van der Waals surface area (Å²) >= 11 is 0. The fraction of sp³-hybridized carbons (Fsp3) is 0.435. The van der Waals surface area contributed by atoms with E-state index in [0.717, 1.165) is 19.3 Å². The molecule has 3 rings (SSSR count). The zero-order valence-electron chi connectivity index (χ0n) is 17.6. The van der Waals surface area contributed by atoms with Crippen molar-refractivity contribution in [2.24, 2.45) is 0 Å². The Morgan fingerprint density at radius 3 is 2.60 bits per heavy atom. The number of nitrogens with one attached hydrogen (secondary N) is 1. The van der Waals surface area contributed by atoms with Crippen LogP contribution in [0.4, 0.5) is 5.69 Å². The number of aryl methyl sites for hydroxylation is 1. The molecule has 0 saturated carbocycles. The lowest BCUT2D eigenvalue weighted by molar-refractivity contribution is -0.122. The summed E-state index contributed by atoms with van der Waals surface area (Å²) in [5.74, 6) is 0.652. The van der Waals surface area contributed by atoms with E-state index in [-0.39, 0.29) is 24.9 Å². The first-order valence-corrected chi connectivity index (χ1v) is 12.3. The number of rotatable bonds is 9. The number of carbonyl (C=O) groups is 1. The third-order valence-corrected chi connectivity index (χ3v) is 6.50. The van der Waals surface area contributed by atoms with Gasteiger partial charge in [0.1, 0.15) is 5.75 Å². The van der Waals surface area contributed by atoms with E-state index in [0.29, 0.717) is 24.5 Å². The Bertz CT molecular complexity index is 957. The molecule has 6 nitrogen and oxygen atoms in total. The lowest BCUT2D eigenvalue weighted by atomic mass is 9.87. The van der Waals surface area contributed by atoms with Crippen LogP contribution < -0.4 is 14.4 Å². The molecule has 1 atom stereocenters. The summed E-state index contributed by atoms with van der Waals surface area (Å²) in [7, 11) is -3.45. The zero-order chi connectivity index (χ0) is 21.6. The molecule has 0 saturated heterocycles. The van der Waals surface area contributed by atoms with E-state index in [9.17, 15) is 13.2 Å². The Kier molecular flexibility index (Phi) is 7.37. The summed E-state index contributed by atoms with van der Waals surface area (Å²) in [5, 5.41) is 3.13. The molecule has 1 N–H and O–H groups in total. The van der Waals surface area contributed by atoms with Gasteiger partial charge in [-0.3, -0.25) is 9.10 Å². The molecule has 2 aromatic carbocycles. The molecule has 0 spiro atoms. The Labute approximate surface area is 179 Å². The number of hydrogen-bond donors (Lipinski definition) is 1. The molecule has 0 unspecified atom stereocenters. The molecule has 162 valence electrons. The number of nitrogens with zero attached hydrogens (tertiary/aromatic N) is 1. The number of anilines is 1. The van der Waals surface area contributed by atoms with Crippen LogP contribution in [0.3, 0.4) is 0 Å². The third kappa shape index (κ3) is 5.75. The van der Waals surface area contributed by atoms with Gasteiger partial charge in [-0.2, -0.15) is 0 Å². The van der Waals surface area contributed by atoms with Crippen LogP contribution in [0.5, 0.6) is 5.75 Å². The maximum atomic E-state index is 12.5. The predicted molar refractivity (Wildman–Crippen MR) is 119 cm³/mol. The lowest BCUT2D eigenvalue weighted by Crippen LogP contribution is -2.33. The highest BCUT2D eigenvalue weighted by molar-refractivity contribution is 7.92. The van der Waals surface area contributed by atoms with Gasteiger partial charge in [0.2, 0.25) is 15.9 Å². The molecule has 7 heteroatoms. The van der Waals surface area contributed by atoms with Crippen LogP contribution in [-0.2, 0) is 21.2 Å². The number of benzene rings is 2. The SMILES string of the molecule is CCOc1ccc(N(CCCC(=O)N[C@@H]2CCCc3ccccc32)S(C)(=O)=O)cc1. The maximum Gasteiger partial charge on any atom is 0.232 e. The van der Waals surface area contributed by atoms with Gasteiger partial charge in [-0.15, -0.1) is 0 Å². The van der Waals surface area contributed by atoms with Crippen molar-refractivity contribution in [3.8, 4) is 5.75 Å². The van der Waals surface area contributed by atoms with Crippen LogP contribution in [0.1, 0.15) is 49.8 Å². The van der Waals surface area contributed by atoms with Gasteiger partial charge in [0.05, 0.1) is 24.6 Å². The topological polar surface area (TPSA) is 75.7 Å². The third-order valence-electron chi connectivity index (χ3n) is 5.31. The summed E-state index contributed by atoms with van der Waals surface area (Å²) in [5.41, 5.74) is 3.07. The summed E-state index contributed by atoms with van der Waals surface area (Å²) in [4.78, 5) is 12.5. The largest absolute Gasteiger partial charge is 0.494 e. The number of hydrogen-bond acceptors (Lipinski definition) is 4. The summed E-state index contributed by atoms with van der Waals surface area (Å²) < 4.78 is 31.3. The molecule has 0 radical (unpaired) electrons. The summed E-state index contributed by atoms with van der Waals surface area (Å²) in [6.07, 6.45) is 4.95. The quantitative estimate of drug-likeness (QED) is 0.656. The summed E-state index contributed by atoms with van der Waals surface area (Å²) in [6.45, 7) is 2.70. The molecule has 1 aliphatic carbocycles. The first-order chi connectivity index (χ1) is 14.4. The Hall–Kier alpha value is -2.54. The van der Waals surface area contributed by atoms with Gasteiger partial charge in [-0.25, -0.2) is 8.42 Å². The van der Waals surface area contributed by atoms with Crippen LogP contribution in [-0.4, -0.2) is 33.7 Å². The summed E-state index contributed by atoms with van der Waals surface area (Å²) in [6, 6.07) is 15.2. The fourth-order valence-corrected chi connectivity index (χ4v) is 4.88. The van der Waals surface area contributed by atoms with Crippen LogP contribution in [0.15, 0.2) is 48.5 Å². The van der Waals surface area contributed by atoms with Crippen LogP contribution in [0.25, 0.3) is 0 Å². The standard InChI is InChI=1S/C23H30N2O4S/c1-3-29-20-15-13-19(14-16-20)25(30(2,27)28)17-7-12-23(26)24-22-11-6-9-18-8-4-5-10-21(18)22/h4-5,8,10,13-16,22H,3,6-7,9,11-12,17H2,1-2H3,(H,24,26)/t22-/m1/s1.